The number of fused-ring (bicyclic) bond motifs is 1. The van der Waals surface area contributed by atoms with Gasteiger partial charge < -0.3 is 0 Å². The normalized spacial score (nSPS) is 21.2. The second-order valence-corrected chi connectivity index (χ2v) is 6.75. The summed E-state index contributed by atoms with van der Waals surface area (Å²) in [5, 5.41) is 0. The van der Waals surface area contributed by atoms with Crippen molar-refractivity contribution in [3.05, 3.63) is 34.4 Å². The van der Waals surface area contributed by atoms with Gasteiger partial charge in [-0.2, -0.15) is 0 Å². The fourth-order valence-electron chi connectivity index (χ4n) is 3.36. The molecule has 0 bridgehead atoms. The first-order chi connectivity index (χ1) is 8.24. The Hall–Kier alpha value is -1.11. The maximum atomic E-state index is 11.7. The third kappa shape index (κ3) is 2.00. The molecule has 1 aromatic carbocycles. The van der Waals surface area contributed by atoms with Crippen LogP contribution in [-0.4, -0.2) is 5.78 Å². The largest absolute Gasteiger partial charge is 0.295 e. The van der Waals surface area contributed by atoms with E-state index in [0.29, 0.717) is 11.8 Å². The van der Waals surface area contributed by atoms with Crippen LogP contribution >= 0.6 is 0 Å². The lowest BCUT2D eigenvalue weighted by Crippen LogP contribution is -2.13. The molecule has 1 nitrogen and oxygen atoms in total. The Labute approximate surface area is 111 Å². The number of hydrogen-bond donors (Lipinski definition) is 0. The Balaban J connectivity index is 2.63. The van der Waals surface area contributed by atoms with Gasteiger partial charge in [-0.25, -0.2) is 0 Å². The fourth-order valence-corrected chi connectivity index (χ4v) is 3.36. The van der Waals surface area contributed by atoms with E-state index in [9.17, 15) is 4.79 Å². The first-order valence-electron chi connectivity index (χ1n) is 6.90. The molecule has 18 heavy (non-hydrogen) atoms. The standard InChI is InChI=1S/C17H24O/c1-10(2)15-9-17(5,6)16-7-11(3)13(12(4)18)8-14(15)16/h7-8,10,15H,9H2,1-6H3. The summed E-state index contributed by atoms with van der Waals surface area (Å²) in [6.07, 6.45) is 1.20. The van der Waals surface area contributed by atoms with Gasteiger partial charge in [0.1, 0.15) is 0 Å². The summed E-state index contributed by atoms with van der Waals surface area (Å²) in [6.45, 7) is 12.9. The van der Waals surface area contributed by atoms with E-state index >= 15 is 0 Å². The molecule has 0 saturated carbocycles. The number of ketones is 1. The summed E-state index contributed by atoms with van der Waals surface area (Å²) >= 11 is 0. The summed E-state index contributed by atoms with van der Waals surface area (Å²) in [4.78, 5) is 11.7. The number of hydrogen-bond acceptors (Lipinski definition) is 1. The first kappa shape index (κ1) is 13.3. The Kier molecular flexibility index (Phi) is 3.12. The number of benzene rings is 1. The highest BCUT2D eigenvalue weighted by molar-refractivity contribution is 5.96. The highest BCUT2D eigenvalue weighted by atomic mass is 16.1. The molecular formula is C17H24O. The molecule has 0 spiro atoms. The number of carbonyl (C=O) groups excluding carboxylic acids is 1. The molecule has 0 radical (unpaired) electrons. The zero-order valence-corrected chi connectivity index (χ0v) is 12.4. The van der Waals surface area contributed by atoms with Crippen molar-refractivity contribution in [2.45, 2.75) is 59.3 Å². The van der Waals surface area contributed by atoms with Gasteiger partial charge in [0.2, 0.25) is 0 Å². The van der Waals surface area contributed by atoms with Gasteiger partial charge in [-0.15, -0.1) is 0 Å². The molecule has 0 aromatic heterocycles. The molecule has 0 N–H and O–H groups in total. The van der Waals surface area contributed by atoms with Gasteiger partial charge in [0, 0.05) is 5.56 Å². The van der Waals surface area contributed by atoms with Crippen LogP contribution in [0.25, 0.3) is 0 Å². The van der Waals surface area contributed by atoms with Crippen LogP contribution in [0, 0.1) is 12.8 Å². The molecule has 1 aromatic rings. The maximum absolute atomic E-state index is 11.7. The zero-order valence-electron chi connectivity index (χ0n) is 12.4. The summed E-state index contributed by atoms with van der Waals surface area (Å²) in [5.41, 5.74) is 5.12. The van der Waals surface area contributed by atoms with Crippen molar-refractivity contribution in [2.24, 2.45) is 5.92 Å². The molecule has 2 rings (SSSR count). The van der Waals surface area contributed by atoms with Gasteiger partial charge in [0.05, 0.1) is 0 Å². The van der Waals surface area contributed by atoms with Crippen LogP contribution < -0.4 is 0 Å². The van der Waals surface area contributed by atoms with Crippen LogP contribution in [0.5, 0.6) is 0 Å². The summed E-state index contributed by atoms with van der Waals surface area (Å²) < 4.78 is 0. The SMILES string of the molecule is CC(=O)c1cc2c(cc1C)C(C)(C)CC2C(C)C. The van der Waals surface area contributed by atoms with Gasteiger partial charge in [-0.1, -0.05) is 33.8 Å². The van der Waals surface area contributed by atoms with Crippen molar-refractivity contribution >= 4 is 5.78 Å². The average molecular weight is 244 g/mol. The van der Waals surface area contributed by atoms with Crippen molar-refractivity contribution in [3.8, 4) is 0 Å². The van der Waals surface area contributed by atoms with Crippen LogP contribution in [-0.2, 0) is 5.41 Å². The van der Waals surface area contributed by atoms with E-state index in [1.165, 1.54) is 17.5 Å². The van der Waals surface area contributed by atoms with Gasteiger partial charge >= 0.3 is 0 Å². The van der Waals surface area contributed by atoms with Crippen molar-refractivity contribution in [3.63, 3.8) is 0 Å². The van der Waals surface area contributed by atoms with E-state index in [4.69, 9.17) is 0 Å². The minimum absolute atomic E-state index is 0.183. The summed E-state index contributed by atoms with van der Waals surface area (Å²) in [5.74, 6) is 1.41. The number of rotatable bonds is 2. The smallest absolute Gasteiger partial charge is 0.160 e. The molecule has 1 aliphatic carbocycles. The van der Waals surface area contributed by atoms with E-state index in [0.717, 1.165) is 11.1 Å². The molecule has 0 fully saturated rings. The van der Waals surface area contributed by atoms with Crippen molar-refractivity contribution in [2.75, 3.05) is 0 Å². The third-order valence-corrected chi connectivity index (χ3v) is 4.44. The lowest BCUT2D eigenvalue weighted by Gasteiger charge is -2.20. The van der Waals surface area contributed by atoms with E-state index < -0.39 is 0 Å². The average Bonchev–Trinajstić information content (AvgIpc) is 2.50. The molecular weight excluding hydrogens is 220 g/mol. The molecule has 98 valence electrons. The number of aryl methyl sites for hydroxylation is 1. The zero-order chi connectivity index (χ0) is 13.7. The second kappa shape index (κ2) is 4.22. The Bertz CT molecular complexity index is 495. The fraction of sp³-hybridized carbons (Fsp3) is 0.588. The van der Waals surface area contributed by atoms with Gasteiger partial charge in [-0.3, -0.25) is 4.79 Å². The van der Waals surface area contributed by atoms with Crippen LogP contribution in [0.1, 0.15) is 74.0 Å². The predicted octanol–water partition coefficient (Wildman–Crippen LogP) is 4.62. The maximum Gasteiger partial charge on any atom is 0.160 e. The first-order valence-corrected chi connectivity index (χ1v) is 6.90. The van der Waals surface area contributed by atoms with Crippen molar-refractivity contribution in [1.29, 1.82) is 0 Å². The minimum atomic E-state index is 0.183. The van der Waals surface area contributed by atoms with E-state index in [-0.39, 0.29) is 11.2 Å². The highest BCUT2D eigenvalue weighted by Gasteiger charge is 2.38. The topological polar surface area (TPSA) is 17.1 Å². The third-order valence-electron chi connectivity index (χ3n) is 4.44. The highest BCUT2D eigenvalue weighted by Crippen LogP contribution is 2.49. The Morgan fingerprint density at radius 1 is 1.33 bits per heavy atom. The molecule has 0 aliphatic heterocycles. The van der Waals surface area contributed by atoms with Crippen LogP contribution in [0.15, 0.2) is 12.1 Å². The second-order valence-electron chi connectivity index (χ2n) is 6.75. The molecule has 1 unspecified atom stereocenters. The molecule has 0 heterocycles. The molecule has 0 saturated heterocycles. The quantitative estimate of drug-likeness (QED) is 0.694. The minimum Gasteiger partial charge on any atom is -0.295 e. The molecule has 1 atom stereocenters. The molecule has 1 aliphatic rings. The number of Topliss-reactive ketones (excluding diaryl/α,β-unsaturated/α-hetero) is 1. The monoisotopic (exact) mass is 244 g/mol. The van der Waals surface area contributed by atoms with Gasteiger partial charge in [-0.05, 0) is 60.3 Å². The van der Waals surface area contributed by atoms with Crippen molar-refractivity contribution in [1.82, 2.24) is 0 Å². The van der Waals surface area contributed by atoms with Crippen LogP contribution in [0.4, 0.5) is 0 Å². The van der Waals surface area contributed by atoms with E-state index in [2.05, 4.69) is 46.8 Å². The van der Waals surface area contributed by atoms with E-state index in [1.807, 2.05) is 0 Å². The van der Waals surface area contributed by atoms with Gasteiger partial charge in [0.15, 0.2) is 5.78 Å². The molecule has 1 heteroatoms. The van der Waals surface area contributed by atoms with E-state index in [1.54, 1.807) is 6.92 Å². The Morgan fingerprint density at radius 2 is 1.94 bits per heavy atom. The lowest BCUT2D eigenvalue weighted by molar-refractivity contribution is 0.101. The van der Waals surface area contributed by atoms with Crippen molar-refractivity contribution < 1.29 is 4.79 Å². The lowest BCUT2D eigenvalue weighted by atomic mass is 9.84. The summed E-state index contributed by atoms with van der Waals surface area (Å²) in [7, 11) is 0. The predicted molar refractivity (Wildman–Crippen MR) is 76.4 cm³/mol. The van der Waals surface area contributed by atoms with Crippen LogP contribution in [0.2, 0.25) is 0 Å². The number of carbonyl (C=O) groups is 1. The Morgan fingerprint density at radius 3 is 2.44 bits per heavy atom. The molecule has 0 amide bonds. The summed E-state index contributed by atoms with van der Waals surface area (Å²) in [6, 6.07) is 4.40. The van der Waals surface area contributed by atoms with Crippen LogP contribution in [0.3, 0.4) is 0 Å². The van der Waals surface area contributed by atoms with Gasteiger partial charge in [0.25, 0.3) is 0 Å².